The Morgan fingerprint density at radius 1 is 1.21 bits per heavy atom. The molecular formula is C15H25NO3. The second kappa shape index (κ2) is 8.77. The Morgan fingerprint density at radius 3 is 2.58 bits per heavy atom. The maximum absolute atomic E-state index is 5.92. The zero-order chi connectivity index (χ0) is 14.1. The number of rotatable bonds is 9. The van der Waals surface area contributed by atoms with Crippen LogP contribution in [-0.2, 0) is 4.74 Å². The third kappa shape index (κ3) is 6.45. The van der Waals surface area contributed by atoms with E-state index < -0.39 is 0 Å². The molecule has 108 valence electrons. The van der Waals surface area contributed by atoms with Crippen LogP contribution in [0.4, 0.5) is 0 Å². The minimum atomic E-state index is -0.00993. The van der Waals surface area contributed by atoms with Crippen molar-refractivity contribution in [3.05, 3.63) is 24.3 Å². The summed E-state index contributed by atoms with van der Waals surface area (Å²) in [5.41, 5.74) is 0. The van der Waals surface area contributed by atoms with Gasteiger partial charge in [0.2, 0.25) is 0 Å². The van der Waals surface area contributed by atoms with E-state index in [1.807, 2.05) is 31.2 Å². The monoisotopic (exact) mass is 267 g/mol. The molecule has 1 atom stereocenters. The molecule has 0 aliphatic rings. The molecule has 0 aliphatic heterocycles. The van der Waals surface area contributed by atoms with Gasteiger partial charge in [-0.25, -0.2) is 0 Å². The predicted molar refractivity (Wildman–Crippen MR) is 77.0 cm³/mol. The molecule has 1 aromatic rings. The summed E-state index contributed by atoms with van der Waals surface area (Å²) in [5, 5.41) is 3.35. The first-order valence-corrected chi connectivity index (χ1v) is 6.77. The van der Waals surface area contributed by atoms with Gasteiger partial charge in [0.25, 0.3) is 0 Å². The van der Waals surface area contributed by atoms with Crippen molar-refractivity contribution in [3.8, 4) is 11.5 Å². The average Bonchev–Trinajstić information content (AvgIpc) is 2.37. The number of hydrogen-bond donors (Lipinski definition) is 1. The van der Waals surface area contributed by atoms with E-state index in [2.05, 4.69) is 19.2 Å². The van der Waals surface area contributed by atoms with Gasteiger partial charge in [-0.15, -0.1) is 0 Å². The zero-order valence-corrected chi connectivity index (χ0v) is 12.3. The number of nitrogens with one attached hydrogen (secondary N) is 1. The Hall–Kier alpha value is -1.26. The molecule has 1 unspecified atom stereocenters. The summed E-state index contributed by atoms with van der Waals surface area (Å²) < 4.78 is 16.6. The molecule has 0 saturated heterocycles. The Labute approximate surface area is 116 Å². The first-order valence-electron chi connectivity index (χ1n) is 6.77. The fraction of sp³-hybridized carbons (Fsp3) is 0.600. The predicted octanol–water partition coefficient (Wildman–Crippen LogP) is 2.48. The van der Waals surface area contributed by atoms with Gasteiger partial charge in [-0.05, 0) is 19.1 Å². The molecule has 0 aliphatic carbocycles. The summed E-state index contributed by atoms with van der Waals surface area (Å²) in [7, 11) is 1.68. The summed E-state index contributed by atoms with van der Waals surface area (Å²) in [5.74, 6) is 1.63. The van der Waals surface area contributed by atoms with Crippen molar-refractivity contribution in [1.29, 1.82) is 0 Å². The van der Waals surface area contributed by atoms with E-state index in [1.165, 1.54) is 0 Å². The lowest BCUT2D eigenvalue weighted by atomic mass is 10.3. The van der Waals surface area contributed by atoms with Gasteiger partial charge >= 0.3 is 0 Å². The highest BCUT2D eigenvalue weighted by Crippen LogP contribution is 2.20. The van der Waals surface area contributed by atoms with E-state index in [1.54, 1.807) is 7.11 Å². The number of hydrogen-bond acceptors (Lipinski definition) is 4. The molecule has 0 fully saturated rings. The molecule has 19 heavy (non-hydrogen) atoms. The van der Waals surface area contributed by atoms with Gasteiger partial charge in [0.05, 0.1) is 13.2 Å². The molecule has 1 aromatic carbocycles. The summed E-state index contributed by atoms with van der Waals surface area (Å²) >= 11 is 0. The highest BCUT2D eigenvalue weighted by molar-refractivity contribution is 5.33. The summed E-state index contributed by atoms with van der Waals surface area (Å²) in [6.07, 6.45) is -0.00993. The topological polar surface area (TPSA) is 39.7 Å². The van der Waals surface area contributed by atoms with Crippen molar-refractivity contribution in [2.45, 2.75) is 32.9 Å². The summed E-state index contributed by atoms with van der Waals surface area (Å²) in [4.78, 5) is 0. The van der Waals surface area contributed by atoms with E-state index in [4.69, 9.17) is 14.2 Å². The van der Waals surface area contributed by atoms with E-state index in [-0.39, 0.29) is 6.10 Å². The molecule has 0 aromatic heterocycles. The maximum atomic E-state index is 5.92. The summed E-state index contributed by atoms with van der Waals surface area (Å²) in [6, 6.07) is 8.12. The van der Waals surface area contributed by atoms with Gasteiger partial charge in [0, 0.05) is 25.8 Å². The van der Waals surface area contributed by atoms with Crippen molar-refractivity contribution in [1.82, 2.24) is 5.32 Å². The van der Waals surface area contributed by atoms with Gasteiger partial charge < -0.3 is 19.5 Å². The van der Waals surface area contributed by atoms with E-state index in [0.717, 1.165) is 18.0 Å². The standard InChI is InChI=1S/C15H25NO3/c1-5-18-13-7-6-8-14(9-13)19-15(11-17-4)10-16-12(2)3/h6-9,12,15-16H,5,10-11H2,1-4H3. The lowest BCUT2D eigenvalue weighted by molar-refractivity contribution is 0.0792. The quantitative estimate of drug-likeness (QED) is 0.746. The van der Waals surface area contributed by atoms with Crippen LogP contribution in [0.2, 0.25) is 0 Å². The van der Waals surface area contributed by atoms with Crippen LogP contribution in [0.15, 0.2) is 24.3 Å². The first kappa shape index (κ1) is 15.8. The fourth-order valence-corrected chi connectivity index (χ4v) is 1.68. The molecule has 0 spiro atoms. The lowest BCUT2D eigenvalue weighted by Gasteiger charge is -2.20. The molecule has 0 saturated carbocycles. The van der Waals surface area contributed by atoms with Crippen LogP contribution >= 0.6 is 0 Å². The average molecular weight is 267 g/mol. The molecule has 0 heterocycles. The SMILES string of the molecule is CCOc1cccc(OC(CNC(C)C)COC)c1. The molecule has 1 rings (SSSR count). The van der Waals surface area contributed by atoms with Crippen LogP contribution < -0.4 is 14.8 Å². The van der Waals surface area contributed by atoms with Crippen LogP contribution in [-0.4, -0.2) is 39.0 Å². The van der Waals surface area contributed by atoms with E-state index >= 15 is 0 Å². The largest absolute Gasteiger partial charge is 0.494 e. The second-order valence-corrected chi connectivity index (χ2v) is 4.67. The third-order valence-corrected chi connectivity index (χ3v) is 2.53. The Morgan fingerprint density at radius 2 is 1.95 bits per heavy atom. The van der Waals surface area contributed by atoms with Crippen molar-refractivity contribution in [3.63, 3.8) is 0 Å². The van der Waals surface area contributed by atoms with E-state index in [9.17, 15) is 0 Å². The van der Waals surface area contributed by atoms with Crippen LogP contribution in [0, 0.1) is 0 Å². The number of benzene rings is 1. The molecule has 0 bridgehead atoms. The highest BCUT2D eigenvalue weighted by Gasteiger charge is 2.11. The molecular weight excluding hydrogens is 242 g/mol. The molecule has 0 radical (unpaired) electrons. The zero-order valence-electron chi connectivity index (χ0n) is 12.3. The first-order chi connectivity index (χ1) is 9.15. The Balaban J connectivity index is 2.59. The van der Waals surface area contributed by atoms with Crippen molar-refractivity contribution < 1.29 is 14.2 Å². The third-order valence-electron chi connectivity index (χ3n) is 2.53. The van der Waals surface area contributed by atoms with Crippen LogP contribution in [0.5, 0.6) is 11.5 Å². The minimum Gasteiger partial charge on any atom is -0.494 e. The lowest BCUT2D eigenvalue weighted by Crippen LogP contribution is -2.38. The van der Waals surface area contributed by atoms with Crippen LogP contribution in [0.3, 0.4) is 0 Å². The Bertz CT molecular complexity index is 355. The minimum absolute atomic E-state index is 0.00993. The van der Waals surface area contributed by atoms with E-state index in [0.29, 0.717) is 19.3 Å². The normalized spacial score (nSPS) is 12.5. The van der Waals surface area contributed by atoms with Crippen molar-refractivity contribution in [2.24, 2.45) is 0 Å². The fourth-order valence-electron chi connectivity index (χ4n) is 1.68. The number of methoxy groups -OCH3 is 1. The van der Waals surface area contributed by atoms with Gasteiger partial charge in [-0.1, -0.05) is 19.9 Å². The maximum Gasteiger partial charge on any atom is 0.134 e. The van der Waals surface area contributed by atoms with Gasteiger partial charge in [0.15, 0.2) is 0 Å². The van der Waals surface area contributed by atoms with Gasteiger partial charge in [-0.2, -0.15) is 0 Å². The number of ether oxygens (including phenoxy) is 3. The van der Waals surface area contributed by atoms with Crippen molar-refractivity contribution in [2.75, 3.05) is 26.9 Å². The highest BCUT2D eigenvalue weighted by atomic mass is 16.5. The molecule has 1 N–H and O–H groups in total. The van der Waals surface area contributed by atoms with Crippen LogP contribution in [0.1, 0.15) is 20.8 Å². The van der Waals surface area contributed by atoms with Crippen molar-refractivity contribution >= 4 is 0 Å². The molecule has 4 nitrogen and oxygen atoms in total. The molecule has 4 heteroatoms. The second-order valence-electron chi connectivity index (χ2n) is 4.67. The van der Waals surface area contributed by atoms with Gasteiger partial charge in [0.1, 0.15) is 17.6 Å². The molecule has 0 amide bonds. The Kier molecular flexibility index (Phi) is 7.30. The van der Waals surface area contributed by atoms with Crippen LogP contribution in [0.25, 0.3) is 0 Å². The smallest absolute Gasteiger partial charge is 0.134 e. The van der Waals surface area contributed by atoms with Gasteiger partial charge in [-0.3, -0.25) is 0 Å². The summed E-state index contributed by atoms with van der Waals surface area (Å²) in [6.45, 7) is 8.15.